The van der Waals surface area contributed by atoms with Crippen LogP contribution in [0.4, 0.5) is 0 Å². The van der Waals surface area contributed by atoms with Crippen molar-refractivity contribution in [1.29, 1.82) is 0 Å². The number of carbonyl (C=O) groups excluding carboxylic acids is 1. The van der Waals surface area contributed by atoms with Crippen molar-refractivity contribution in [3.05, 3.63) is 47.5 Å². The van der Waals surface area contributed by atoms with Gasteiger partial charge < -0.3 is 15.7 Å². The average molecular weight is 286 g/mol. The number of aliphatic carboxylic acids is 1. The maximum Gasteiger partial charge on any atom is 0.310 e. The molecular formula is C16H18N2O3. The molecule has 3 N–H and O–H groups in total. The van der Waals surface area contributed by atoms with Crippen molar-refractivity contribution >= 4 is 11.9 Å². The van der Waals surface area contributed by atoms with Crippen LogP contribution in [0.1, 0.15) is 17.5 Å². The summed E-state index contributed by atoms with van der Waals surface area (Å²) in [5, 5.41) is 15.1. The van der Waals surface area contributed by atoms with E-state index >= 15 is 0 Å². The molecule has 1 aliphatic heterocycles. The summed E-state index contributed by atoms with van der Waals surface area (Å²) in [4.78, 5) is 23.2. The van der Waals surface area contributed by atoms with Gasteiger partial charge >= 0.3 is 5.97 Å². The number of carbonyl (C=O) groups is 2. The fraction of sp³-hybridized carbons (Fsp3) is 0.375. The van der Waals surface area contributed by atoms with Gasteiger partial charge in [-0.25, -0.2) is 0 Å². The molecule has 3 rings (SSSR count). The highest BCUT2D eigenvalue weighted by Crippen LogP contribution is 2.19. The Bertz CT molecular complexity index is 597. The zero-order chi connectivity index (χ0) is 14.8. The summed E-state index contributed by atoms with van der Waals surface area (Å²) in [6.45, 7) is 0.687. The van der Waals surface area contributed by atoms with Crippen LogP contribution in [0.2, 0.25) is 0 Å². The van der Waals surface area contributed by atoms with Gasteiger partial charge in [0.25, 0.3) is 0 Å². The molecule has 0 saturated carbocycles. The van der Waals surface area contributed by atoms with Gasteiger partial charge in [0.1, 0.15) is 0 Å². The third-order valence-electron chi connectivity index (χ3n) is 4.13. The van der Waals surface area contributed by atoms with Gasteiger partial charge in [0.2, 0.25) is 5.91 Å². The summed E-state index contributed by atoms with van der Waals surface area (Å²) in [5.41, 5.74) is 2.43. The number of carboxylic acids is 1. The number of fused-ring (bicyclic) bond motifs is 1. The third kappa shape index (κ3) is 2.97. The Kier molecular flexibility index (Phi) is 3.75. The molecule has 5 heteroatoms. The Morgan fingerprint density at radius 3 is 2.67 bits per heavy atom. The molecule has 21 heavy (non-hydrogen) atoms. The summed E-state index contributed by atoms with van der Waals surface area (Å²) in [6.07, 6.45) is 4.52. The van der Waals surface area contributed by atoms with E-state index < -0.39 is 11.9 Å². The molecule has 0 saturated heterocycles. The van der Waals surface area contributed by atoms with Crippen LogP contribution in [0, 0.1) is 5.92 Å². The van der Waals surface area contributed by atoms with Gasteiger partial charge in [-0.3, -0.25) is 9.59 Å². The van der Waals surface area contributed by atoms with Crippen LogP contribution in [0.15, 0.2) is 36.4 Å². The highest BCUT2D eigenvalue weighted by atomic mass is 16.4. The van der Waals surface area contributed by atoms with Gasteiger partial charge in [-0.2, -0.15) is 0 Å². The number of amides is 1. The second-order valence-corrected chi connectivity index (χ2v) is 5.59. The fourth-order valence-corrected chi connectivity index (χ4v) is 2.91. The lowest BCUT2D eigenvalue weighted by atomic mass is 9.95. The topological polar surface area (TPSA) is 78.4 Å². The molecule has 1 aromatic carbocycles. The lowest BCUT2D eigenvalue weighted by molar-refractivity contribution is -0.140. The Morgan fingerprint density at radius 2 is 1.95 bits per heavy atom. The first kappa shape index (κ1) is 13.8. The molecule has 0 bridgehead atoms. The van der Waals surface area contributed by atoms with E-state index in [0.717, 1.165) is 0 Å². The maximum absolute atomic E-state index is 12.3. The molecule has 1 heterocycles. The van der Waals surface area contributed by atoms with Gasteiger partial charge in [-0.1, -0.05) is 36.4 Å². The number of carboxylic acid groups (broad SMARTS) is 1. The summed E-state index contributed by atoms with van der Waals surface area (Å²) in [6, 6.07) is 7.65. The second kappa shape index (κ2) is 5.69. The Hall–Kier alpha value is -2.14. The lowest BCUT2D eigenvalue weighted by Gasteiger charge is -2.26. The predicted octanol–water partition coefficient (Wildman–Crippen LogP) is 0.846. The van der Waals surface area contributed by atoms with E-state index in [4.69, 9.17) is 5.11 Å². The van der Waals surface area contributed by atoms with E-state index in [1.54, 1.807) is 12.2 Å². The van der Waals surface area contributed by atoms with Crippen molar-refractivity contribution in [2.24, 2.45) is 5.92 Å². The molecule has 5 nitrogen and oxygen atoms in total. The largest absolute Gasteiger partial charge is 0.481 e. The molecule has 0 spiro atoms. The van der Waals surface area contributed by atoms with Gasteiger partial charge in [-0.05, 0) is 24.0 Å². The van der Waals surface area contributed by atoms with Crippen LogP contribution in [0.5, 0.6) is 0 Å². The minimum Gasteiger partial charge on any atom is -0.481 e. The molecule has 0 radical (unpaired) electrons. The van der Waals surface area contributed by atoms with Gasteiger partial charge in [0.05, 0.1) is 12.0 Å². The quantitative estimate of drug-likeness (QED) is 0.720. The number of nitrogens with one attached hydrogen (secondary N) is 2. The van der Waals surface area contributed by atoms with E-state index in [-0.39, 0.29) is 18.0 Å². The summed E-state index contributed by atoms with van der Waals surface area (Å²) < 4.78 is 0. The first-order valence-corrected chi connectivity index (χ1v) is 7.15. The van der Waals surface area contributed by atoms with Crippen LogP contribution >= 0.6 is 0 Å². The van der Waals surface area contributed by atoms with Crippen LogP contribution < -0.4 is 10.6 Å². The van der Waals surface area contributed by atoms with Gasteiger partial charge in [0, 0.05) is 12.6 Å². The van der Waals surface area contributed by atoms with E-state index in [0.29, 0.717) is 19.4 Å². The monoisotopic (exact) mass is 286 g/mol. The zero-order valence-electron chi connectivity index (χ0n) is 11.6. The van der Waals surface area contributed by atoms with Crippen molar-refractivity contribution in [2.75, 3.05) is 0 Å². The Labute approximate surface area is 123 Å². The number of hydrogen-bond acceptors (Lipinski definition) is 3. The van der Waals surface area contributed by atoms with Crippen molar-refractivity contribution < 1.29 is 14.7 Å². The number of hydrogen-bond donors (Lipinski definition) is 3. The van der Waals surface area contributed by atoms with Crippen molar-refractivity contribution in [1.82, 2.24) is 10.6 Å². The molecule has 1 aliphatic carbocycles. The smallest absolute Gasteiger partial charge is 0.310 e. The minimum absolute atomic E-state index is 0.0646. The first-order valence-electron chi connectivity index (χ1n) is 7.15. The first-order chi connectivity index (χ1) is 10.1. The molecule has 3 atom stereocenters. The molecule has 0 fully saturated rings. The van der Waals surface area contributed by atoms with E-state index in [2.05, 4.69) is 16.7 Å². The van der Waals surface area contributed by atoms with E-state index in [9.17, 15) is 9.59 Å². The summed E-state index contributed by atoms with van der Waals surface area (Å²) >= 11 is 0. The lowest BCUT2D eigenvalue weighted by Crippen LogP contribution is -2.50. The van der Waals surface area contributed by atoms with Crippen LogP contribution in [0.3, 0.4) is 0 Å². The highest BCUT2D eigenvalue weighted by molar-refractivity contribution is 5.83. The normalized spacial score (nSPS) is 27.1. The summed E-state index contributed by atoms with van der Waals surface area (Å²) in [7, 11) is 0. The van der Waals surface area contributed by atoms with Crippen molar-refractivity contribution in [3.8, 4) is 0 Å². The minimum atomic E-state index is -0.840. The standard InChI is InChI=1S/C16H18N2O3/c19-15(18-13-6-5-11(7-13)16(20)21)14-8-10-3-1-2-4-12(10)9-17-14/h1-6,11,13-14,17H,7-9H2,(H,18,19)(H,20,21)/t11?,13?,14-/m0/s1. The number of benzene rings is 1. The molecule has 1 aromatic rings. The second-order valence-electron chi connectivity index (χ2n) is 5.59. The Morgan fingerprint density at radius 1 is 1.19 bits per heavy atom. The van der Waals surface area contributed by atoms with Crippen LogP contribution in [-0.2, 0) is 22.6 Å². The summed E-state index contributed by atoms with van der Waals surface area (Å²) in [5.74, 6) is -1.40. The number of rotatable bonds is 3. The molecule has 1 amide bonds. The van der Waals surface area contributed by atoms with Gasteiger partial charge in [-0.15, -0.1) is 0 Å². The van der Waals surface area contributed by atoms with Gasteiger partial charge in [0.15, 0.2) is 0 Å². The fourth-order valence-electron chi connectivity index (χ4n) is 2.91. The zero-order valence-corrected chi connectivity index (χ0v) is 11.6. The SMILES string of the molecule is O=C(O)C1C=CC(NC(=O)[C@@H]2Cc3ccccc3CN2)C1. The average Bonchev–Trinajstić information content (AvgIpc) is 2.95. The van der Waals surface area contributed by atoms with E-state index in [1.165, 1.54) is 11.1 Å². The van der Waals surface area contributed by atoms with Crippen LogP contribution in [0.25, 0.3) is 0 Å². The van der Waals surface area contributed by atoms with Crippen LogP contribution in [-0.4, -0.2) is 29.1 Å². The highest BCUT2D eigenvalue weighted by Gasteiger charge is 2.29. The third-order valence-corrected chi connectivity index (χ3v) is 4.13. The van der Waals surface area contributed by atoms with Crippen molar-refractivity contribution in [2.45, 2.75) is 31.5 Å². The molecule has 0 aromatic heterocycles. The Balaban J connectivity index is 1.58. The van der Waals surface area contributed by atoms with E-state index in [1.807, 2.05) is 18.2 Å². The predicted molar refractivity (Wildman–Crippen MR) is 77.6 cm³/mol. The molecular weight excluding hydrogens is 268 g/mol. The molecule has 2 unspecified atom stereocenters. The molecule has 2 aliphatic rings. The molecule has 110 valence electrons. The maximum atomic E-state index is 12.3. The van der Waals surface area contributed by atoms with Crippen molar-refractivity contribution in [3.63, 3.8) is 0 Å².